The summed E-state index contributed by atoms with van der Waals surface area (Å²) < 4.78 is 63.9. The maximum atomic E-state index is 14.2. The van der Waals surface area contributed by atoms with Crippen molar-refractivity contribution in [2.24, 2.45) is 0 Å². The SMILES string of the molecule is C[C@H]1O[C@H](COC(=O)c2ccccc2)[C@@H](O[C@H]2O[C@H]3COC(c4ccccc4)O[C@H]3C(OC(=O)c3ccccc3)C2OC(=O)c2ccccc2)C(OC(=O)c2ccccc2)C1OC(=O)c1ccccc1. The van der Waals surface area contributed by atoms with Crippen molar-refractivity contribution in [3.05, 3.63) is 215 Å². The Kier molecular flexibility index (Phi) is 15.1. The van der Waals surface area contributed by atoms with E-state index in [9.17, 15) is 24.0 Å². The zero-order valence-corrected chi connectivity index (χ0v) is 37.7. The molecule has 3 aliphatic rings. The Hall–Kier alpha value is -7.53. The molecule has 15 heteroatoms. The van der Waals surface area contributed by atoms with Gasteiger partial charge >= 0.3 is 29.8 Å². The minimum atomic E-state index is -1.69. The van der Waals surface area contributed by atoms with Gasteiger partial charge in [-0.05, 0) is 67.6 Å². The van der Waals surface area contributed by atoms with Gasteiger partial charge in [0.05, 0.1) is 40.5 Å². The third-order valence-electron chi connectivity index (χ3n) is 11.9. The van der Waals surface area contributed by atoms with E-state index in [1.165, 1.54) is 0 Å². The second-order valence-corrected chi connectivity index (χ2v) is 16.6. The summed E-state index contributed by atoms with van der Waals surface area (Å²) in [7, 11) is 0. The third kappa shape index (κ3) is 11.2. The summed E-state index contributed by atoms with van der Waals surface area (Å²) in [6, 6.07) is 50.1. The van der Waals surface area contributed by atoms with Crippen molar-refractivity contribution in [2.75, 3.05) is 13.2 Å². The molecule has 6 aromatic carbocycles. The highest BCUT2D eigenvalue weighted by Crippen LogP contribution is 2.40. The number of esters is 5. The van der Waals surface area contributed by atoms with Gasteiger partial charge in [0.2, 0.25) is 0 Å². The van der Waals surface area contributed by atoms with Gasteiger partial charge in [0.15, 0.2) is 37.0 Å². The topological polar surface area (TPSA) is 178 Å². The van der Waals surface area contributed by atoms with Crippen molar-refractivity contribution in [1.29, 1.82) is 0 Å². The summed E-state index contributed by atoms with van der Waals surface area (Å²) in [5, 5.41) is 0. The number of fused-ring (bicyclic) bond motifs is 1. The van der Waals surface area contributed by atoms with Crippen LogP contribution in [0.5, 0.6) is 0 Å². The summed E-state index contributed by atoms with van der Waals surface area (Å²) >= 11 is 0. The molecule has 0 aromatic heterocycles. The Morgan fingerprint density at radius 3 is 1.31 bits per heavy atom. The van der Waals surface area contributed by atoms with Gasteiger partial charge in [-0.25, -0.2) is 24.0 Å². The highest BCUT2D eigenvalue weighted by Gasteiger charge is 2.58. The van der Waals surface area contributed by atoms with E-state index in [4.69, 9.17) is 47.4 Å². The number of carbonyl (C=O) groups is 5. The first kappa shape index (κ1) is 47.5. The molecule has 3 aliphatic heterocycles. The molecule has 358 valence electrons. The Morgan fingerprint density at radius 2 is 0.843 bits per heavy atom. The van der Waals surface area contributed by atoms with Crippen LogP contribution in [0, 0.1) is 0 Å². The highest BCUT2D eigenvalue weighted by atomic mass is 16.8. The molecule has 15 nitrogen and oxygen atoms in total. The average molecular weight is 949 g/mol. The lowest BCUT2D eigenvalue weighted by Gasteiger charge is -2.50. The fraction of sp³-hybridized carbons (Fsp3) is 0.255. The van der Waals surface area contributed by atoms with Gasteiger partial charge in [-0.3, -0.25) is 0 Å². The lowest BCUT2D eigenvalue weighted by molar-refractivity contribution is -0.376. The average Bonchev–Trinajstić information content (AvgIpc) is 3.41. The van der Waals surface area contributed by atoms with Crippen LogP contribution in [0.3, 0.4) is 0 Å². The molecule has 0 amide bonds. The molecule has 11 atom stereocenters. The first-order valence-electron chi connectivity index (χ1n) is 22.7. The van der Waals surface area contributed by atoms with Crippen LogP contribution in [0.15, 0.2) is 182 Å². The second kappa shape index (κ2) is 22.3. The molecule has 0 aliphatic carbocycles. The number of carbonyl (C=O) groups excluding carboxylic acids is 5. The largest absolute Gasteiger partial charge is 0.459 e. The second-order valence-electron chi connectivity index (χ2n) is 16.6. The maximum Gasteiger partial charge on any atom is 0.338 e. The summed E-state index contributed by atoms with van der Waals surface area (Å²) in [5.74, 6) is -3.90. The van der Waals surface area contributed by atoms with Gasteiger partial charge in [0, 0.05) is 5.56 Å². The quantitative estimate of drug-likeness (QED) is 0.0764. The van der Waals surface area contributed by atoms with E-state index in [-0.39, 0.29) is 34.4 Å². The molecule has 3 fully saturated rings. The molecule has 3 saturated heterocycles. The van der Waals surface area contributed by atoms with Crippen LogP contribution in [0.2, 0.25) is 0 Å². The Morgan fingerprint density at radius 1 is 0.443 bits per heavy atom. The molecule has 3 heterocycles. The van der Waals surface area contributed by atoms with Crippen LogP contribution in [-0.4, -0.2) is 104 Å². The van der Waals surface area contributed by atoms with E-state index in [0.29, 0.717) is 5.56 Å². The molecule has 9 rings (SSSR count). The van der Waals surface area contributed by atoms with Crippen LogP contribution in [0.1, 0.15) is 70.6 Å². The molecule has 70 heavy (non-hydrogen) atoms. The first-order chi connectivity index (χ1) is 34.2. The zero-order chi connectivity index (χ0) is 48.4. The molecular weight excluding hydrogens is 901 g/mol. The Bertz CT molecular complexity index is 2690. The van der Waals surface area contributed by atoms with Gasteiger partial charge in [-0.2, -0.15) is 0 Å². The molecule has 0 radical (unpaired) electrons. The Labute approximate surface area is 403 Å². The minimum absolute atomic E-state index is 0.122. The summed E-state index contributed by atoms with van der Waals surface area (Å²) in [6.07, 6.45) is -14.6. The molecule has 0 N–H and O–H groups in total. The predicted octanol–water partition coefficient (Wildman–Crippen LogP) is 7.76. The fourth-order valence-corrected chi connectivity index (χ4v) is 8.42. The minimum Gasteiger partial charge on any atom is -0.459 e. The summed E-state index contributed by atoms with van der Waals surface area (Å²) in [6.45, 7) is 1.01. The lowest BCUT2D eigenvalue weighted by Crippen LogP contribution is -2.67. The van der Waals surface area contributed by atoms with Crippen LogP contribution in [0.4, 0.5) is 0 Å². The highest BCUT2D eigenvalue weighted by molar-refractivity contribution is 5.92. The number of hydrogen-bond donors (Lipinski definition) is 0. The van der Waals surface area contributed by atoms with Crippen LogP contribution in [-0.2, 0) is 47.4 Å². The third-order valence-corrected chi connectivity index (χ3v) is 11.9. The van der Waals surface area contributed by atoms with Crippen molar-refractivity contribution >= 4 is 29.8 Å². The maximum absolute atomic E-state index is 14.2. The van der Waals surface area contributed by atoms with Gasteiger partial charge in [-0.1, -0.05) is 121 Å². The van der Waals surface area contributed by atoms with Crippen molar-refractivity contribution in [3.8, 4) is 0 Å². The first-order valence-corrected chi connectivity index (χ1v) is 22.7. The van der Waals surface area contributed by atoms with Crippen molar-refractivity contribution in [3.63, 3.8) is 0 Å². The van der Waals surface area contributed by atoms with Gasteiger partial charge in [0.1, 0.15) is 31.0 Å². The molecule has 0 bridgehead atoms. The van der Waals surface area contributed by atoms with Gasteiger partial charge < -0.3 is 47.4 Å². The van der Waals surface area contributed by atoms with Crippen LogP contribution >= 0.6 is 0 Å². The molecule has 0 saturated carbocycles. The van der Waals surface area contributed by atoms with E-state index in [1.54, 1.807) is 159 Å². The molecule has 0 spiro atoms. The number of hydrogen-bond acceptors (Lipinski definition) is 15. The van der Waals surface area contributed by atoms with Crippen molar-refractivity contribution in [2.45, 2.75) is 74.4 Å². The summed E-state index contributed by atoms with van der Waals surface area (Å²) in [5.41, 5.74) is 1.59. The fourth-order valence-electron chi connectivity index (χ4n) is 8.42. The van der Waals surface area contributed by atoms with E-state index in [2.05, 4.69) is 0 Å². The standard InChI is InChI=1S/C55H48O15/c1-34-43(65-50(57)36-22-10-3-11-23-36)46(66-51(58)37-24-12-4-13-25-37)44(41(63-34)32-61-49(56)35-20-8-2-9-21-35)70-55-48(68-53(60)39-28-16-6-17-29-39)47(67-52(59)38-26-14-5-15-27-38)45-42(64-55)33-62-54(69-45)40-30-18-7-19-31-40/h2-31,34,41-48,54-55H,32-33H2,1H3/t34-,41-,42+,43?,44-,45-,46?,47?,48?,54?,55-/m1/s1. The zero-order valence-electron chi connectivity index (χ0n) is 37.7. The van der Waals surface area contributed by atoms with Crippen molar-refractivity contribution < 1.29 is 71.3 Å². The number of benzene rings is 6. The number of ether oxygens (including phenoxy) is 10. The van der Waals surface area contributed by atoms with E-state index in [0.717, 1.165) is 0 Å². The smallest absolute Gasteiger partial charge is 0.338 e. The van der Waals surface area contributed by atoms with E-state index < -0.39 is 104 Å². The Balaban J connectivity index is 1.13. The molecule has 6 aromatic rings. The predicted molar refractivity (Wildman–Crippen MR) is 247 cm³/mol. The van der Waals surface area contributed by atoms with Crippen LogP contribution in [0.25, 0.3) is 0 Å². The monoisotopic (exact) mass is 948 g/mol. The van der Waals surface area contributed by atoms with Crippen LogP contribution < -0.4 is 0 Å². The van der Waals surface area contributed by atoms with Gasteiger partial charge in [0.25, 0.3) is 0 Å². The molecular formula is C55H48O15. The van der Waals surface area contributed by atoms with Crippen molar-refractivity contribution in [1.82, 2.24) is 0 Å². The van der Waals surface area contributed by atoms with E-state index in [1.807, 2.05) is 30.3 Å². The normalized spacial score (nSPS) is 26.0. The summed E-state index contributed by atoms with van der Waals surface area (Å²) in [4.78, 5) is 70.0. The van der Waals surface area contributed by atoms with Gasteiger partial charge in [-0.15, -0.1) is 0 Å². The van der Waals surface area contributed by atoms with E-state index >= 15 is 0 Å². The number of rotatable bonds is 14. The lowest BCUT2D eigenvalue weighted by atomic mass is 9.93. The molecule has 5 unspecified atom stereocenters.